The Morgan fingerprint density at radius 3 is 2.76 bits per heavy atom. The average molecular weight is 312 g/mol. The lowest BCUT2D eigenvalue weighted by Gasteiger charge is -2.14. The predicted octanol–water partition coefficient (Wildman–Crippen LogP) is -1.30. The zero-order valence-electron chi connectivity index (χ0n) is 11.2. The summed E-state index contributed by atoms with van der Waals surface area (Å²) < 4.78 is 0. The van der Waals surface area contributed by atoms with Crippen molar-refractivity contribution in [3.63, 3.8) is 0 Å². The molecular weight excluding hydrogens is 296 g/mol. The van der Waals surface area contributed by atoms with Crippen LogP contribution in [-0.4, -0.2) is 61.4 Å². The number of fused-ring (bicyclic) bond motifs is 1. The number of aliphatic hydroxyl groups excluding tert-OH is 3. The van der Waals surface area contributed by atoms with Crippen LogP contribution in [0.5, 0.6) is 0 Å². The molecule has 0 amide bonds. The van der Waals surface area contributed by atoms with E-state index in [0.29, 0.717) is 21.8 Å². The monoisotopic (exact) mass is 312 g/mol. The van der Waals surface area contributed by atoms with Crippen molar-refractivity contribution in [2.24, 2.45) is 0 Å². The van der Waals surface area contributed by atoms with E-state index in [9.17, 15) is 20.1 Å². The van der Waals surface area contributed by atoms with Crippen LogP contribution in [0.2, 0.25) is 0 Å². The average Bonchev–Trinajstić information content (AvgIpc) is 3.02. The number of aromatic nitrogens is 3. The quantitative estimate of drug-likeness (QED) is 0.306. The van der Waals surface area contributed by atoms with E-state index in [2.05, 4.69) is 20.3 Å². The summed E-state index contributed by atoms with van der Waals surface area (Å²) in [5.74, 6) is 0. The summed E-state index contributed by atoms with van der Waals surface area (Å²) in [6.45, 7) is -0.291. The molecular formula is C12H16N4O4S. The molecule has 1 saturated heterocycles. The first-order valence-electron chi connectivity index (χ1n) is 6.45. The van der Waals surface area contributed by atoms with Crippen LogP contribution in [0, 0.1) is 0 Å². The van der Waals surface area contributed by atoms with Gasteiger partial charge in [0.25, 0.3) is 5.56 Å². The zero-order valence-corrected chi connectivity index (χ0v) is 12.0. The van der Waals surface area contributed by atoms with Gasteiger partial charge in [-0.25, -0.2) is 4.98 Å². The second-order valence-corrected chi connectivity index (χ2v) is 5.75. The molecule has 4 atom stereocenters. The molecule has 1 fully saturated rings. The van der Waals surface area contributed by atoms with Crippen molar-refractivity contribution in [1.29, 1.82) is 0 Å². The maximum absolute atomic E-state index is 11.9. The number of hydrogen-bond acceptors (Lipinski definition) is 7. The molecule has 2 aromatic rings. The summed E-state index contributed by atoms with van der Waals surface area (Å²) in [5.41, 5.74) is 1.07. The van der Waals surface area contributed by atoms with Gasteiger partial charge in [-0.2, -0.15) is 0 Å². The predicted molar refractivity (Wildman–Crippen MR) is 77.3 cm³/mol. The lowest BCUT2D eigenvalue weighted by atomic mass is 10.0. The van der Waals surface area contributed by atoms with Gasteiger partial charge in [-0.1, -0.05) is 11.8 Å². The van der Waals surface area contributed by atoms with Gasteiger partial charge in [-0.15, -0.1) is 0 Å². The van der Waals surface area contributed by atoms with Crippen molar-refractivity contribution in [2.45, 2.75) is 29.4 Å². The van der Waals surface area contributed by atoms with E-state index in [1.165, 1.54) is 11.8 Å². The molecule has 0 bridgehead atoms. The van der Waals surface area contributed by atoms with Gasteiger partial charge in [0.1, 0.15) is 17.1 Å². The van der Waals surface area contributed by atoms with Gasteiger partial charge < -0.3 is 25.6 Å². The maximum Gasteiger partial charge on any atom is 0.275 e. The highest BCUT2D eigenvalue weighted by Gasteiger charge is 2.42. The summed E-state index contributed by atoms with van der Waals surface area (Å²) in [7, 11) is 0. The van der Waals surface area contributed by atoms with Gasteiger partial charge in [0.15, 0.2) is 5.16 Å². The first-order chi connectivity index (χ1) is 10.1. The number of thioether (sulfide) groups is 1. The lowest BCUT2D eigenvalue weighted by molar-refractivity contribution is 0.0195. The fraction of sp³-hybridized carbons (Fsp3) is 0.500. The van der Waals surface area contributed by atoms with Gasteiger partial charge in [0, 0.05) is 11.8 Å². The van der Waals surface area contributed by atoms with E-state index in [-0.39, 0.29) is 12.2 Å². The highest BCUT2D eigenvalue weighted by molar-refractivity contribution is 7.98. The Labute approximate surface area is 123 Å². The first-order valence-corrected chi connectivity index (χ1v) is 7.67. The number of aromatic amines is 2. The molecule has 9 heteroatoms. The molecule has 0 spiro atoms. The summed E-state index contributed by atoms with van der Waals surface area (Å²) in [4.78, 5) is 21.8. The van der Waals surface area contributed by atoms with E-state index in [1.807, 2.05) is 0 Å². The van der Waals surface area contributed by atoms with E-state index >= 15 is 0 Å². The van der Waals surface area contributed by atoms with Crippen LogP contribution in [0.25, 0.3) is 11.0 Å². The van der Waals surface area contributed by atoms with E-state index in [0.717, 1.165) is 0 Å². The molecule has 0 aliphatic carbocycles. The molecule has 6 N–H and O–H groups in total. The minimum absolute atomic E-state index is 0.289. The third-order valence-corrected chi connectivity index (χ3v) is 4.35. The second-order valence-electron chi connectivity index (χ2n) is 4.96. The highest BCUT2D eigenvalue weighted by Crippen LogP contribution is 2.31. The topological polar surface area (TPSA) is 134 Å². The van der Waals surface area contributed by atoms with E-state index in [1.54, 1.807) is 12.5 Å². The highest BCUT2D eigenvalue weighted by atomic mass is 32.2. The standard InChI is InChI=1S/C12H16N4O4S/c1-21-12-15-6-4(2-13-8(6)11(20)16-12)7-10(19)9(18)5(3-17)14-7/h2,5,7,9-10,13-14,17-19H,3H2,1H3,(H,15,16,20)/t5-,7+,9-,10+/m1/s1. The smallest absolute Gasteiger partial charge is 0.275 e. The number of aliphatic hydroxyl groups is 3. The fourth-order valence-corrected chi connectivity index (χ4v) is 3.02. The normalized spacial score (nSPS) is 29.3. The van der Waals surface area contributed by atoms with Gasteiger partial charge in [-0.3, -0.25) is 9.78 Å². The number of nitrogens with one attached hydrogen (secondary N) is 3. The van der Waals surface area contributed by atoms with Crippen molar-refractivity contribution in [3.8, 4) is 0 Å². The SMILES string of the molecule is CSc1nc2c([C@@H]3N[C@H](CO)[C@@H](O)[C@H]3O)c[nH]c2c(=O)[nH]1. The molecule has 21 heavy (non-hydrogen) atoms. The minimum Gasteiger partial charge on any atom is -0.395 e. The van der Waals surface area contributed by atoms with Crippen LogP contribution in [-0.2, 0) is 0 Å². The van der Waals surface area contributed by atoms with Gasteiger partial charge in [0.2, 0.25) is 0 Å². The Bertz CT molecular complexity index is 715. The minimum atomic E-state index is -1.08. The van der Waals surface area contributed by atoms with Crippen molar-refractivity contribution in [1.82, 2.24) is 20.3 Å². The van der Waals surface area contributed by atoms with Crippen LogP contribution >= 0.6 is 11.8 Å². The molecule has 3 rings (SSSR count). The van der Waals surface area contributed by atoms with Crippen LogP contribution in [0.1, 0.15) is 11.6 Å². The lowest BCUT2D eigenvalue weighted by Crippen LogP contribution is -2.35. The van der Waals surface area contributed by atoms with Crippen LogP contribution < -0.4 is 10.9 Å². The molecule has 0 radical (unpaired) electrons. The number of rotatable bonds is 3. The molecule has 0 unspecified atom stereocenters. The summed E-state index contributed by atoms with van der Waals surface area (Å²) in [6, 6.07) is -1.22. The zero-order chi connectivity index (χ0) is 15.1. The first kappa shape index (κ1) is 14.5. The second kappa shape index (κ2) is 5.43. The van der Waals surface area contributed by atoms with Gasteiger partial charge in [-0.05, 0) is 6.26 Å². The van der Waals surface area contributed by atoms with Crippen LogP contribution in [0.3, 0.4) is 0 Å². The van der Waals surface area contributed by atoms with Crippen LogP contribution in [0.15, 0.2) is 16.1 Å². The van der Waals surface area contributed by atoms with E-state index in [4.69, 9.17) is 0 Å². The maximum atomic E-state index is 11.9. The van der Waals surface area contributed by atoms with E-state index < -0.39 is 24.3 Å². The van der Waals surface area contributed by atoms with Crippen molar-refractivity contribution >= 4 is 22.8 Å². The van der Waals surface area contributed by atoms with Gasteiger partial charge >= 0.3 is 0 Å². The summed E-state index contributed by atoms with van der Waals surface area (Å²) >= 11 is 1.31. The largest absolute Gasteiger partial charge is 0.395 e. The van der Waals surface area contributed by atoms with Crippen molar-refractivity contribution < 1.29 is 15.3 Å². The molecule has 8 nitrogen and oxygen atoms in total. The third-order valence-electron chi connectivity index (χ3n) is 3.77. The molecule has 0 aromatic carbocycles. The molecule has 2 aromatic heterocycles. The molecule has 114 valence electrons. The Hall–Kier alpha value is -1.39. The van der Waals surface area contributed by atoms with Crippen molar-refractivity contribution in [3.05, 3.63) is 22.1 Å². The van der Waals surface area contributed by atoms with Gasteiger partial charge in [0.05, 0.1) is 24.8 Å². The Kier molecular flexibility index (Phi) is 3.76. The Morgan fingerprint density at radius 2 is 2.14 bits per heavy atom. The Morgan fingerprint density at radius 1 is 1.38 bits per heavy atom. The summed E-state index contributed by atoms with van der Waals surface area (Å²) in [6.07, 6.45) is 1.22. The third kappa shape index (κ3) is 2.27. The molecule has 0 saturated carbocycles. The Balaban J connectivity index is 2.09. The summed E-state index contributed by atoms with van der Waals surface area (Å²) in [5, 5.41) is 32.6. The number of hydrogen-bond donors (Lipinski definition) is 6. The molecule has 1 aliphatic rings. The fourth-order valence-electron chi connectivity index (χ4n) is 2.64. The number of nitrogens with zero attached hydrogens (tertiary/aromatic N) is 1. The van der Waals surface area contributed by atoms with Crippen LogP contribution in [0.4, 0.5) is 0 Å². The molecule has 3 heterocycles. The number of H-pyrrole nitrogens is 2. The molecule has 1 aliphatic heterocycles. The van der Waals surface area contributed by atoms with Crippen molar-refractivity contribution in [2.75, 3.05) is 12.9 Å².